The first-order valence-corrected chi connectivity index (χ1v) is 12.2. The van der Waals surface area contributed by atoms with Crippen molar-refractivity contribution in [1.29, 1.82) is 0 Å². The van der Waals surface area contributed by atoms with Gasteiger partial charge in [-0.25, -0.2) is 0 Å². The van der Waals surface area contributed by atoms with Crippen molar-refractivity contribution in [2.45, 2.75) is 18.5 Å². The van der Waals surface area contributed by atoms with Gasteiger partial charge >= 0.3 is 0 Å². The lowest BCUT2D eigenvalue weighted by Gasteiger charge is -2.32. The molecule has 1 aromatic heterocycles. The summed E-state index contributed by atoms with van der Waals surface area (Å²) in [7, 11) is 3.16. The van der Waals surface area contributed by atoms with E-state index >= 15 is 0 Å². The van der Waals surface area contributed by atoms with E-state index in [1.54, 1.807) is 71.5 Å². The zero-order chi connectivity index (χ0) is 25.5. The van der Waals surface area contributed by atoms with Gasteiger partial charge in [0.15, 0.2) is 0 Å². The Morgan fingerprint density at radius 2 is 1.83 bits per heavy atom. The highest BCUT2D eigenvalue weighted by Gasteiger charge is 2.44. The molecule has 2 aromatic rings. The SMILES string of the molecule is COCCN(C(=O)c1ccc(OC)cc1)C1CC(C(=O)N2CCNCC2)N(C(=O)c2cccnc2)C1. The minimum atomic E-state index is -0.658. The summed E-state index contributed by atoms with van der Waals surface area (Å²) >= 11 is 0. The van der Waals surface area contributed by atoms with Gasteiger partial charge in [0.2, 0.25) is 5.91 Å². The number of nitrogens with one attached hydrogen (secondary N) is 1. The lowest BCUT2D eigenvalue weighted by molar-refractivity contribution is -0.135. The smallest absolute Gasteiger partial charge is 0.256 e. The molecule has 1 aromatic carbocycles. The fourth-order valence-corrected chi connectivity index (χ4v) is 4.79. The Balaban J connectivity index is 1.61. The third kappa shape index (κ3) is 5.66. The Morgan fingerprint density at radius 3 is 2.47 bits per heavy atom. The molecule has 0 saturated carbocycles. The monoisotopic (exact) mass is 495 g/mol. The molecule has 3 amide bonds. The van der Waals surface area contributed by atoms with Crippen LogP contribution in [0, 0.1) is 0 Å². The second-order valence-electron chi connectivity index (χ2n) is 8.90. The Bertz CT molecular complexity index is 1040. The van der Waals surface area contributed by atoms with Gasteiger partial charge < -0.3 is 29.5 Å². The summed E-state index contributed by atoms with van der Waals surface area (Å²) in [5.74, 6) is 0.136. The number of benzene rings is 1. The molecule has 36 heavy (non-hydrogen) atoms. The van der Waals surface area contributed by atoms with Crippen molar-refractivity contribution in [3.05, 3.63) is 59.9 Å². The van der Waals surface area contributed by atoms with Crippen LogP contribution in [0.3, 0.4) is 0 Å². The van der Waals surface area contributed by atoms with E-state index in [-0.39, 0.29) is 30.3 Å². The van der Waals surface area contributed by atoms with Crippen LogP contribution < -0.4 is 10.1 Å². The molecule has 0 spiro atoms. The highest BCUT2D eigenvalue weighted by atomic mass is 16.5. The number of aromatic nitrogens is 1. The minimum Gasteiger partial charge on any atom is -0.497 e. The van der Waals surface area contributed by atoms with Crippen molar-refractivity contribution in [3.8, 4) is 5.75 Å². The van der Waals surface area contributed by atoms with E-state index in [4.69, 9.17) is 9.47 Å². The summed E-state index contributed by atoms with van der Waals surface area (Å²) in [6, 6.07) is 9.32. The molecule has 0 bridgehead atoms. The minimum absolute atomic E-state index is 0.0835. The fourth-order valence-electron chi connectivity index (χ4n) is 4.79. The number of carbonyl (C=O) groups is 3. The zero-order valence-corrected chi connectivity index (χ0v) is 20.8. The predicted octanol–water partition coefficient (Wildman–Crippen LogP) is 0.894. The number of carbonyl (C=O) groups excluding carboxylic acids is 3. The number of methoxy groups -OCH3 is 2. The second-order valence-corrected chi connectivity index (χ2v) is 8.90. The molecule has 3 heterocycles. The summed E-state index contributed by atoms with van der Waals surface area (Å²) < 4.78 is 10.5. The molecule has 10 heteroatoms. The molecular weight excluding hydrogens is 462 g/mol. The Kier molecular flexibility index (Phi) is 8.50. The van der Waals surface area contributed by atoms with E-state index in [0.717, 1.165) is 0 Å². The maximum atomic E-state index is 13.6. The zero-order valence-electron chi connectivity index (χ0n) is 20.8. The highest BCUT2D eigenvalue weighted by Crippen LogP contribution is 2.27. The van der Waals surface area contributed by atoms with Crippen molar-refractivity contribution in [2.75, 3.05) is 60.1 Å². The maximum absolute atomic E-state index is 13.6. The summed E-state index contributed by atoms with van der Waals surface area (Å²) in [6.07, 6.45) is 3.47. The number of amides is 3. The van der Waals surface area contributed by atoms with Gasteiger partial charge in [-0.05, 0) is 42.8 Å². The lowest BCUT2D eigenvalue weighted by Crippen LogP contribution is -2.53. The van der Waals surface area contributed by atoms with Crippen molar-refractivity contribution >= 4 is 17.7 Å². The largest absolute Gasteiger partial charge is 0.497 e. The van der Waals surface area contributed by atoms with Crippen LogP contribution >= 0.6 is 0 Å². The highest BCUT2D eigenvalue weighted by molar-refractivity contribution is 5.98. The average Bonchev–Trinajstić information content (AvgIpc) is 3.38. The standard InChI is InChI=1S/C26H33N5O5/c1-35-15-14-30(24(32)19-5-7-22(36-2)8-6-19)21-16-23(26(34)29-12-10-27-11-13-29)31(18-21)25(33)20-4-3-9-28-17-20/h3-9,17,21,23,27H,10-16,18H2,1-2H3. The van der Waals surface area contributed by atoms with Gasteiger partial charge in [-0.3, -0.25) is 19.4 Å². The third-order valence-electron chi connectivity index (χ3n) is 6.74. The van der Waals surface area contributed by atoms with Crippen LogP contribution in [0.4, 0.5) is 0 Å². The van der Waals surface area contributed by atoms with Crippen LogP contribution in [0.5, 0.6) is 5.75 Å². The van der Waals surface area contributed by atoms with Crippen LogP contribution in [-0.2, 0) is 9.53 Å². The Labute approximate surface area is 211 Å². The molecule has 2 aliphatic heterocycles. The molecule has 2 atom stereocenters. The van der Waals surface area contributed by atoms with Crippen molar-refractivity contribution in [3.63, 3.8) is 0 Å². The lowest BCUT2D eigenvalue weighted by atomic mass is 10.1. The predicted molar refractivity (Wildman–Crippen MR) is 133 cm³/mol. The van der Waals surface area contributed by atoms with E-state index in [0.29, 0.717) is 62.6 Å². The number of likely N-dealkylation sites (tertiary alicyclic amines) is 1. The van der Waals surface area contributed by atoms with Gasteiger partial charge in [-0.1, -0.05) is 0 Å². The first-order valence-electron chi connectivity index (χ1n) is 12.2. The molecule has 1 N–H and O–H groups in total. The number of rotatable bonds is 8. The first-order chi connectivity index (χ1) is 17.5. The maximum Gasteiger partial charge on any atom is 0.256 e. The Morgan fingerprint density at radius 1 is 1.08 bits per heavy atom. The summed E-state index contributed by atoms with van der Waals surface area (Å²) in [5, 5.41) is 3.25. The van der Waals surface area contributed by atoms with Crippen LogP contribution in [0.1, 0.15) is 27.1 Å². The van der Waals surface area contributed by atoms with Gasteiger partial charge in [0.1, 0.15) is 11.8 Å². The molecular formula is C26H33N5O5. The molecule has 2 unspecified atom stereocenters. The Hall–Kier alpha value is -3.50. The summed E-state index contributed by atoms with van der Waals surface area (Å²) in [6.45, 7) is 3.55. The summed E-state index contributed by atoms with van der Waals surface area (Å²) in [5.41, 5.74) is 0.926. The van der Waals surface area contributed by atoms with Gasteiger partial charge in [0.25, 0.3) is 11.8 Å². The van der Waals surface area contributed by atoms with Crippen LogP contribution in [0.2, 0.25) is 0 Å². The van der Waals surface area contributed by atoms with E-state index in [2.05, 4.69) is 10.3 Å². The third-order valence-corrected chi connectivity index (χ3v) is 6.74. The molecule has 0 radical (unpaired) electrons. The molecule has 4 rings (SSSR count). The summed E-state index contributed by atoms with van der Waals surface area (Å²) in [4.78, 5) is 49.9. The van der Waals surface area contributed by atoms with E-state index in [1.165, 1.54) is 6.20 Å². The van der Waals surface area contributed by atoms with Gasteiger partial charge in [-0.2, -0.15) is 0 Å². The molecule has 192 valence electrons. The molecule has 2 fully saturated rings. The number of hydrogen-bond donors (Lipinski definition) is 1. The van der Waals surface area contributed by atoms with Gasteiger partial charge in [0.05, 0.1) is 25.3 Å². The average molecular weight is 496 g/mol. The number of piperazine rings is 1. The number of nitrogens with zero attached hydrogens (tertiary/aromatic N) is 4. The van der Waals surface area contributed by atoms with Crippen molar-refractivity contribution in [2.24, 2.45) is 0 Å². The van der Waals surface area contributed by atoms with Gasteiger partial charge in [0, 0.05) is 64.3 Å². The van der Waals surface area contributed by atoms with Crippen LogP contribution in [0.25, 0.3) is 0 Å². The number of hydrogen-bond acceptors (Lipinski definition) is 7. The van der Waals surface area contributed by atoms with Gasteiger partial charge in [-0.15, -0.1) is 0 Å². The van der Waals surface area contributed by atoms with Crippen molar-refractivity contribution < 1.29 is 23.9 Å². The quantitative estimate of drug-likeness (QED) is 0.580. The van der Waals surface area contributed by atoms with Crippen LogP contribution in [0.15, 0.2) is 48.8 Å². The number of pyridine rings is 1. The van der Waals surface area contributed by atoms with Crippen LogP contribution in [-0.4, -0.2) is 110 Å². The van der Waals surface area contributed by atoms with E-state index < -0.39 is 6.04 Å². The van der Waals surface area contributed by atoms with E-state index in [9.17, 15) is 14.4 Å². The fraction of sp³-hybridized carbons (Fsp3) is 0.462. The number of ether oxygens (including phenoxy) is 2. The normalized spacial score (nSPS) is 19.7. The molecule has 10 nitrogen and oxygen atoms in total. The van der Waals surface area contributed by atoms with E-state index in [1.807, 2.05) is 0 Å². The second kappa shape index (κ2) is 12.0. The first kappa shape index (κ1) is 25.6. The topological polar surface area (TPSA) is 104 Å². The molecule has 2 aliphatic rings. The molecule has 2 saturated heterocycles. The molecule has 0 aliphatic carbocycles. The van der Waals surface area contributed by atoms with Crippen molar-refractivity contribution in [1.82, 2.24) is 25.0 Å².